The average molecular weight is 419 g/mol. The van der Waals surface area contributed by atoms with Crippen LogP contribution in [-0.2, 0) is 10.2 Å². The van der Waals surface area contributed by atoms with Gasteiger partial charge < -0.3 is 4.90 Å². The Balaban J connectivity index is 1.58. The number of anilines is 3. The van der Waals surface area contributed by atoms with Gasteiger partial charge in [-0.15, -0.1) is 0 Å². The number of hydrogen-bond donors (Lipinski definition) is 0. The zero-order chi connectivity index (χ0) is 22.5. The van der Waals surface area contributed by atoms with E-state index < -0.39 is 0 Å². The summed E-state index contributed by atoms with van der Waals surface area (Å²) in [6.45, 7) is 4.43. The highest BCUT2D eigenvalue weighted by Gasteiger charge is 2.35. The number of carbonyl (C=O) groups is 1. The lowest BCUT2D eigenvalue weighted by molar-refractivity contribution is -0.114. The molecule has 2 aliphatic rings. The molecule has 3 aromatic carbocycles. The first kappa shape index (κ1) is 19.8. The molecule has 0 fully saturated rings. The molecule has 0 saturated heterocycles. The smallest absolute Gasteiger partial charge is 0.281 e. The van der Waals surface area contributed by atoms with Crippen molar-refractivity contribution in [3.63, 3.8) is 0 Å². The van der Waals surface area contributed by atoms with Gasteiger partial charge in [0, 0.05) is 23.8 Å². The molecule has 2 heterocycles. The number of fused-ring (bicyclic) bond motifs is 2. The Morgan fingerprint density at radius 1 is 0.938 bits per heavy atom. The van der Waals surface area contributed by atoms with Gasteiger partial charge in [0.1, 0.15) is 6.07 Å². The van der Waals surface area contributed by atoms with Crippen molar-refractivity contribution in [2.75, 3.05) is 17.0 Å². The minimum absolute atomic E-state index is 0.123. The molecule has 3 aromatic rings. The predicted molar refractivity (Wildman–Crippen MR) is 128 cm³/mol. The number of amides is 1. The number of nitriles is 1. The van der Waals surface area contributed by atoms with E-state index in [9.17, 15) is 10.1 Å². The fourth-order valence-corrected chi connectivity index (χ4v) is 4.54. The van der Waals surface area contributed by atoms with Crippen molar-refractivity contribution >= 4 is 34.8 Å². The van der Waals surface area contributed by atoms with Gasteiger partial charge in [0.25, 0.3) is 5.91 Å². The van der Waals surface area contributed by atoms with Gasteiger partial charge in [-0.2, -0.15) is 15.4 Å². The van der Waals surface area contributed by atoms with E-state index in [2.05, 4.69) is 73.4 Å². The number of benzene rings is 3. The molecular weight excluding hydrogens is 396 g/mol. The zero-order valence-electron chi connectivity index (χ0n) is 18.2. The summed E-state index contributed by atoms with van der Waals surface area (Å²) in [7, 11) is 2.07. The molecule has 0 unspecified atom stereocenters. The molecule has 0 N–H and O–H groups in total. The van der Waals surface area contributed by atoms with Gasteiger partial charge in [0.2, 0.25) is 0 Å². The van der Waals surface area contributed by atoms with E-state index >= 15 is 0 Å². The molecule has 0 spiro atoms. The van der Waals surface area contributed by atoms with Crippen LogP contribution in [0.25, 0.3) is 6.08 Å². The van der Waals surface area contributed by atoms with E-state index in [4.69, 9.17) is 0 Å². The van der Waals surface area contributed by atoms with Crippen molar-refractivity contribution in [1.29, 1.82) is 5.26 Å². The van der Waals surface area contributed by atoms with Crippen LogP contribution in [0.4, 0.5) is 17.1 Å². The molecule has 1 amide bonds. The van der Waals surface area contributed by atoms with Crippen LogP contribution >= 0.6 is 0 Å². The Morgan fingerprint density at radius 2 is 1.62 bits per heavy atom. The van der Waals surface area contributed by atoms with Gasteiger partial charge >= 0.3 is 0 Å². The van der Waals surface area contributed by atoms with Crippen LogP contribution in [0.5, 0.6) is 0 Å². The van der Waals surface area contributed by atoms with Gasteiger partial charge in [-0.25, -0.2) is 0 Å². The molecule has 0 bridgehead atoms. The van der Waals surface area contributed by atoms with Crippen molar-refractivity contribution in [1.82, 2.24) is 0 Å². The van der Waals surface area contributed by atoms with Gasteiger partial charge in [0.05, 0.1) is 11.3 Å². The van der Waals surface area contributed by atoms with Crippen molar-refractivity contribution in [2.24, 2.45) is 5.10 Å². The Bertz CT molecular complexity index is 1350. The first-order valence-corrected chi connectivity index (χ1v) is 10.5. The van der Waals surface area contributed by atoms with E-state index in [-0.39, 0.29) is 17.0 Å². The summed E-state index contributed by atoms with van der Waals surface area (Å²) < 4.78 is 0. The van der Waals surface area contributed by atoms with Crippen LogP contribution in [0.2, 0.25) is 0 Å². The number of para-hydroxylation sites is 2. The fraction of sp³-hybridized carbons (Fsp3) is 0.148. The minimum Gasteiger partial charge on any atom is -0.344 e. The first-order chi connectivity index (χ1) is 15.4. The highest BCUT2D eigenvalue weighted by Crippen LogP contribution is 2.48. The normalized spacial score (nSPS) is 17.6. The molecule has 0 saturated carbocycles. The second-order valence-electron chi connectivity index (χ2n) is 8.55. The van der Waals surface area contributed by atoms with Gasteiger partial charge in [0.15, 0.2) is 5.71 Å². The SMILES string of the molecule is CN1c2ccccc2C(C)(C)c2cc(/C=C3\C(=O)N(c4ccccc4)N=C3C#N)ccc21. The Kier molecular flexibility index (Phi) is 4.45. The van der Waals surface area contributed by atoms with Crippen LogP contribution < -0.4 is 9.91 Å². The third kappa shape index (κ3) is 2.92. The topological polar surface area (TPSA) is 59.7 Å². The van der Waals surface area contributed by atoms with E-state index in [1.807, 2.05) is 24.3 Å². The summed E-state index contributed by atoms with van der Waals surface area (Å²) in [5.41, 5.74) is 6.49. The second-order valence-corrected chi connectivity index (χ2v) is 8.55. The maximum absolute atomic E-state index is 13.1. The Hall–Kier alpha value is -4.17. The summed E-state index contributed by atoms with van der Waals surface area (Å²) in [5, 5.41) is 15.2. The summed E-state index contributed by atoms with van der Waals surface area (Å²) in [5.74, 6) is -0.299. The standard InChI is InChI=1S/C27H22N4O/c1-27(2)21-11-7-8-12-24(21)30(3)25-14-13-18(16-22(25)27)15-20-23(17-28)29-31(26(20)32)19-9-5-4-6-10-19/h4-16H,1-3H3/b20-15-. The summed E-state index contributed by atoms with van der Waals surface area (Å²) in [4.78, 5) is 15.3. The van der Waals surface area contributed by atoms with E-state index in [0.29, 0.717) is 11.3 Å². The number of hydrazone groups is 1. The molecule has 2 aliphatic heterocycles. The summed E-state index contributed by atoms with van der Waals surface area (Å²) >= 11 is 0. The lowest BCUT2D eigenvalue weighted by Crippen LogP contribution is -2.30. The monoisotopic (exact) mass is 418 g/mol. The first-order valence-electron chi connectivity index (χ1n) is 10.5. The Morgan fingerprint density at radius 3 is 2.38 bits per heavy atom. The molecule has 5 nitrogen and oxygen atoms in total. The van der Waals surface area contributed by atoms with Crippen molar-refractivity contribution < 1.29 is 4.79 Å². The molecule has 5 heteroatoms. The molecule has 5 rings (SSSR count). The van der Waals surface area contributed by atoms with Crippen LogP contribution in [0.15, 0.2) is 83.5 Å². The summed E-state index contributed by atoms with van der Waals surface area (Å²) in [6.07, 6.45) is 1.77. The third-order valence-corrected chi connectivity index (χ3v) is 6.29. The molecule has 32 heavy (non-hydrogen) atoms. The van der Waals surface area contributed by atoms with Gasteiger partial charge in [-0.1, -0.05) is 56.3 Å². The van der Waals surface area contributed by atoms with Crippen molar-refractivity contribution in [3.05, 3.63) is 95.1 Å². The highest BCUT2D eigenvalue weighted by molar-refractivity contribution is 6.37. The number of rotatable bonds is 2. The Labute approximate surface area is 187 Å². The number of hydrogen-bond acceptors (Lipinski definition) is 4. The van der Waals surface area contributed by atoms with E-state index in [1.54, 1.807) is 18.2 Å². The lowest BCUT2D eigenvalue weighted by atomic mass is 9.73. The third-order valence-electron chi connectivity index (χ3n) is 6.29. The van der Waals surface area contributed by atoms with Crippen molar-refractivity contribution in [3.8, 4) is 6.07 Å². The second kappa shape index (κ2) is 7.21. The highest BCUT2D eigenvalue weighted by atomic mass is 16.2. The van der Waals surface area contributed by atoms with E-state index in [1.165, 1.54) is 21.8 Å². The quantitative estimate of drug-likeness (QED) is 0.523. The van der Waals surface area contributed by atoms with Gasteiger partial charge in [-0.05, 0) is 53.1 Å². The number of nitrogens with zero attached hydrogens (tertiary/aromatic N) is 4. The maximum atomic E-state index is 13.1. The van der Waals surface area contributed by atoms with Crippen molar-refractivity contribution in [2.45, 2.75) is 19.3 Å². The minimum atomic E-state index is -0.299. The molecule has 156 valence electrons. The van der Waals surface area contributed by atoms with Crippen LogP contribution in [-0.4, -0.2) is 18.7 Å². The van der Waals surface area contributed by atoms with Crippen LogP contribution in [0.1, 0.15) is 30.5 Å². The molecular formula is C27H22N4O. The summed E-state index contributed by atoms with van der Waals surface area (Å²) in [6, 6.07) is 25.8. The average Bonchev–Trinajstić information content (AvgIpc) is 3.13. The molecule has 0 radical (unpaired) electrons. The largest absolute Gasteiger partial charge is 0.344 e. The molecule has 0 aliphatic carbocycles. The predicted octanol–water partition coefficient (Wildman–Crippen LogP) is 5.40. The maximum Gasteiger partial charge on any atom is 0.281 e. The van der Waals surface area contributed by atoms with E-state index in [0.717, 1.165) is 11.3 Å². The molecule has 0 aromatic heterocycles. The van der Waals surface area contributed by atoms with Gasteiger partial charge in [-0.3, -0.25) is 4.79 Å². The van der Waals surface area contributed by atoms with Crippen LogP contribution in [0, 0.1) is 11.3 Å². The van der Waals surface area contributed by atoms with Crippen LogP contribution in [0.3, 0.4) is 0 Å². The number of carbonyl (C=O) groups excluding carboxylic acids is 1. The molecule has 0 atom stereocenters. The lowest BCUT2D eigenvalue weighted by Gasteiger charge is -2.40. The fourth-order valence-electron chi connectivity index (χ4n) is 4.54. The zero-order valence-corrected chi connectivity index (χ0v) is 18.2.